The summed E-state index contributed by atoms with van der Waals surface area (Å²) in [5.74, 6) is 0.861. The highest BCUT2D eigenvalue weighted by Gasteiger charge is 2.03. The van der Waals surface area contributed by atoms with Crippen molar-refractivity contribution in [2.24, 2.45) is 0 Å². The normalized spacial score (nSPS) is 10.6. The van der Waals surface area contributed by atoms with Gasteiger partial charge in [-0.1, -0.05) is 33.6 Å². The minimum Gasteiger partial charge on any atom is -0.497 e. The summed E-state index contributed by atoms with van der Waals surface area (Å²) in [5.41, 5.74) is 3.22. The van der Waals surface area contributed by atoms with Gasteiger partial charge in [0.05, 0.1) is 18.5 Å². The molecule has 0 atom stereocenters. The average molecular weight is 374 g/mol. The van der Waals surface area contributed by atoms with E-state index in [0.717, 1.165) is 22.8 Å². The van der Waals surface area contributed by atoms with Crippen LogP contribution in [0, 0.1) is 13.8 Å². The van der Waals surface area contributed by atoms with Gasteiger partial charge in [-0.3, -0.25) is 0 Å². The first-order chi connectivity index (χ1) is 13.0. The lowest BCUT2D eigenvalue weighted by atomic mass is 10.2. The molecule has 0 spiro atoms. The molecule has 0 saturated carbocycles. The molecule has 0 aliphatic heterocycles. The van der Waals surface area contributed by atoms with Crippen LogP contribution in [-0.4, -0.2) is 41.4 Å². The number of unbranched alkanes of at least 4 members (excludes halogenated alkanes) is 2. The van der Waals surface area contributed by atoms with Gasteiger partial charge >= 0.3 is 0 Å². The van der Waals surface area contributed by atoms with Gasteiger partial charge < -0.3 is 9.64 Å². The Hall–Kier alpha value is -1.81. The minimum absolute atomic E-state index is 0.861. The number of nitrogens with zero attached hydrogens (tertiary/aromatic N) is 3. The van der Waals surface area contributed by atoms with Crippen LogP contribution in [0.1, 0.15) is 64.3 Å². The topological polar surface area (TPSA) is 30.3 Å². The van der Waals surface area contributed by atoms with Crippen molar-refractivity contribution in [3.63, 3.8) is 0 Å². The molecule has 2 aromatic rings. The summed E-state index contributed by atoms with van der Waals surface area (Å²) in [5, 5.41) is 4.41. The van der Waals surface area contributed by atoms with Gasteiger partial charge in [-0.05, 0) is 83.1 Å². The van der Waals surface area contributed by atoms with E-state index in [0.29, 0.717) is 0 Å². The van der Waals surface area contributed by atoms with Crippen LogP contribution in [0.4, 0.5) is 0 Å². The summed E-state index contributed by atoms with van der Waals surface area (Å²) in [6.07, 6.45) is 6.71. The smallest absolute Gasteiger partial charge is 0.119 e. The van der Waals surface area contributed by atoms with E-state index >= 15 is 0 Å². The monoisotopic (exact) mass is 373 g/mol. The fraction of sp³-hybridized carbons (Fsp3) is 0.609. The van der Waals surface area contributed by atoms with Crippen molar-refractivity contribution in [1.82, 2.24) is 14.7 Å². The third-order valence-corrected chi connectivity index (χ3v) is 4.48. The maximum Gasteiger partial charge on any atom is 0.119 e. The molecule has 2 rings (SSSR count). The van der Waals surface area contributed by atoms with Crippen molar-refractivity contribution in [1.29, 1.82) is 0 Å². The van der Waals surface area contributed by atoms with Gasteiger partial charge in [0, 0.05) is 5.69 Å². The van der Waals surface area contributed by atoms with E-state index in [4.69, 9.17) is 4.74 Å². The van der Waals surface area contributed by atoms with Gasteiger partial charge in [-0.2, -0.15) is 5.10 Å². The lowest BCUT2D eigenvalue weighted by Crippen LogP contribution is -2.26. The molecule has 0 unspecified atom stereocenters. The summed E-state index contributed by atoms with van der Waals surface area (Å²) >= 11 is 0. The fourth-order valence-corrected chi connectivity index (χ4v) is 3.17. The quantitative estimate of drug-likeness (QED) is 0.493. The molecule has 0 aliphatic carbocycles. The van der Waals surface area contributed by atoms with Crippen molar-refractivity contribution in [3.05, 3.63) is 41.7 Å². The molecular formula is C23H39N3O. The Kier molecular flexibility index (Phi) is 11.5. The minimum atomic E-state index is 0.861. The van der Waals surface area contributed by atoms with Gasteiger partial charge in [0.25, 0.3) is 0 Å². The van der Waals surface area contributed by atoms with Gasteiger partial charge in [-0.25, -0.2) is 4.68 Å². The second-order valence-corrected chi connectivity index (χ2v) is 7.09. The maximum atomic E-state index is 5.11. The van der Waals surface area contributed by atoms with E-state index in [1.54, 1.807) is 7.11 Å². The van der Waals surface area contributed by atoms with Crippen LogP contribution >= 0.6 is 0 Å². The third kappa shape index (κ3) is 8.61. The molecule has 0 N–H and O–H groups in total. The highest BCUT2D eigenvalue weighted by atomic mass is 16.5. The summed E-state index contributed by atoms with van der Waals surface area (Å²) in [6, 6.07) is 9.93. The van der Waals surface area contributed by atoms with Crippen molar-refractivity contribution in [2.45, 2.75) is 66.7 Å². The number of hydrogen-bond donors (Lipinski definition) is 0. The van der Waals surface area contributed by atoms with Gasteiger partial charge in [0.1, 0.15) is 5.75 Å². The van der Waals surface area contributed by atoms with E-state index in [-0.39, 0.29) is 0 Å². The van der Waals surface area contributed by atoms with E-state index in [9.17, 15) is 0 Å². The van der Waals surface area contributed by atoms with E-state index in [2.05, 4.69) is 36.8 Å². The number of ether oxygens (including phenoxy) is 1. The van der Waals surface area contributed by atoms with Crippen LogP contribution < -0.4 is 4.74 Å². The predicted octanol–water partition coefficient (Wildman–Crippen LogP) is 5.80. The van der Waals surface area contributed by atoms with Crippen LogP contribution in [-0.2, 0) is 0 Å². The van der Waals surface area contributed by atoms with Gasteiger partial charge in [-0.15, -0.1) is 0 Å². The van der Waals surface area contributed by atoms with Crippen LogP contribution in [0.2, 0.25) is 0 Å². The zero-order chi connectivity index (χ0) is 20.1. The second-order valence-electron chi connectivity index (χ2n) is 7.09. The van der Waals surface area contributed by atoms with Crippen LogP contribution in [0.25, 0.3) is 5.69 Å². The largest absolute Gasteiger partial charge is 0.497 e. The van der Waals surface area contributed by atoms with Crippen molar-refractivity contribution < 1.29 is 4.74 Å². The number of aromatic nitrogens is 2. The lowest BCUT2D eigenvalue weighted by molar-refractivity contribution is 0.269. The van der Waals surface area contributed by atoms with Crippen molar-refractivity contribution in [3.8, 4) is 11.4 Å². The van der Waals surface area contributed by atoms with E-state index in [1.807, 2.05) is 42.8 Å². The Morgan fingerprint density at radius 2 is 1.52 bits per heavy atom. The predicted molar refractivity (Wildman–Crippen MR) is 116 cm³/mol. The first kappa shape index (κ1) is 23.2. The molecule has 0 bridgehead atoms. The van der Waals surface area contributed by atoms with Crippen molar-refractivity contribution in [2.75, 3.05) is 26.7 Å². The molecule has 1 aromatic heterocycles. The Morgan fingerprint density at radius 3 is 1.96 bits per heavy atom. The number of benzene rings is 1. The first-order valence-corrected chi connectivity index (χ1v) is 10.5. The molecule has 0 radical (unpaired) electrons. The Labute approximate surface area is 166 Å². The molecule has 1 aromatic carbocycles. The summed E-state index contributed by atoms with van der Waals surface area (Å²) in [7, 11) is 1.66. The zero-order valence-electron chi connectivity index (χ0n) is 18.3. The molecule has 27 heavy (non-hydrogen) atoms. The summed E-state index contributed by atoms with van der Waals surface area (Å²) in [4.78, 5) is 2.59. The van der Waals surface area contributed by atoms with Gasteiger partial charge in [0.2, 0.25) is 0 Å². The van der Waals surface area contributed by atoms with E-state index < -0.39 is 0 Å². The Balaban J connectivity index is 0.000000279. The molecule has 4 heteroatoms. The molecule has 0 aliphatic rings. The van der Waals surface area contributed by atoms with Crippen LogP contribution in [0.5, 0.6) is 5.75 Å². The molecule has 152 valence electrons. The zero-order valence-corrected chi connectivity index (χ0v) is 18.3. The van der Waals surface area contributed by atoms with Crippen LogP contribution in [0.3, 0.4) is 0 Å². The lowest BCUT2D eigenvalue weighted by Gasteiger charge is -2.20. The standard InChI is InChI=1S/C12H14N2O.C11H25N/c1-9-8-10(2)14(13-9)11-4-6-12(15-3)7-5-11;1-4-7-8-11-12(9-5-2)10-6-3/h4-8H,1-3H3;4-11H2,1-3H3. The first-order valence-electron chi connectivity index (χ1n) is 10.5. The molecule has 0 amide bonds. The average Bonchev–Trinajstić information content (AvgIpc) is 3.01. The van der Waals surface area contributed by atoms with E-state index in [1.165, 1.54) is 51.7 Å². The SMILES string of the molecule is CCCCCN(CCC)CCC.COc1ccc(-n2nc(C)cc2C)cc1. The number of methoxy groups -OCH3 is 1. The highest BCUT2D eigenvalue weighted by Crippen LogP contribution is 2.16. The third-order valence-electron chi connectivity index (χ3n) is 4.48. The highest BCUT2D eigenvalue weighted by molar-refractivity contribution is 5.38. The van der Waals surface area contributed by atoms with Crippen LogP contribution in [0.15, 0.2) is 30.3 Å². The number of hydrogen-bond acceptors (Lipinski definition) is 3. The fourth-order valence-electron chi connectivity index (χ4n) is 3.17. The molecular weight excluding hydrogens is 334 g/mol. The molecule has 0 fully saturated rings. The Morgan fingerprint density at radius 1 is 0.889 bits per heavy atom. The number of aryl methyl sites for hydroxylation is 2. The van der Waals surface area contributed by atoms with Gasteiger partial charge in [0.15, 0.2) is 0 Å². The maximum absolute atomic E-state index is 5.11. The van der Waals surface area contributed by atoms with Crippen molar-refractivity contribution >= 4 is 0 Å². The summed E-state index contributed by atoms with van der Waals surface area (Å²) in [6.45, 7) is 14.7. The summed E-state index contributed by atoms with van der Waals surface area (Å²) < 4.78 is 7.04. The molecule has 4 nitrogen and oxygen atoms in total. The molecule has 0 saturated heterocycles. The second kappa shape index (κ2) is 13.4. The number of rotatable bonds is 10. The molecule has 1 heterocycles. The Bertz CT molecular complexity index is 613.